The zero-order valence-electron chi connectivity index (χ0n) is 35.4. The Kier molecular flexibility index (Phi) is 11.9. The quantitative estimate of drug-likeness (QED) is 0.159. The number of aliphatic hydroxyl groups is 2. The van der Waals surface area contributed by atoms with Crippen LogP contribution in [0.5, 0.6) is 0 Å². The first-order valence-electron chi connectivity index (χ1n) is 20.2. The average Bonchev–Trinajstić information content (AvgIpc) is 3.15. The van der Waals surface area contributed by atoms with Crippen LogP contribution in [0.1, 0.15) is 90.7 Å². The fourth-order valence-electron chi connectivity index (χ4n) is 10.0. The molecular weight excluding hydrogens is 776 g/mol. The maximum Gasteiger partial charge on any atom is 0.338 e. The number of ether oxygens (including phenoxy) is 5. The van der Waals surface area contributed by atoms with E-state index >= 15 is 4.79 Å². The molecule has 1 heterocycles. The number of hydrogen-bond donors (Lipinski definition) is 4. The molecular formula is C45H56N2O13. The van der Waals surface area contributed by atoms with Gasteiger partial charge in [0.15, 0.2) is 23.6 Å². The van der Waals surface area contributed by atoms with Crippen LogP contribution in [-0.4, -0.2) is 99.8 Å². The lowest BCUT2D eigenvalue weighted by Crippen LogP contribution is -2.80. The molecule has 15 nitrogen and oxygen atoms in total. The van der Waals surface area contributed by atoms with Crippen LogP contribution in [-0.2, 0) is 42.9 Å². The van der Waals surface area contributed by atoms with E-state index < -0.39 is 124 Å². The van der Waals surface area contributed by atoms with Gasteiger partial charge in [-0.05, 0) is 45.4 Å². The number of nitrogens with one attached hydrogen (secondary N) is 2. The van der Waals surface area contributed by atoms with Gasteiger partial charge in [-0.2, -0.15) is 0 Å². The molecule has 2 aromatic rings. The molecule has 3 aliphatic carbocycles. The van der Waals surface area contributed by atoms with Crippen molar-refractivity contribution in [2.75, 3.05) is 6.61 Å². The summed E-state index contributed by atoms with van der Waals surface area (Å²) in [6, 6.07) is 14.4. The van der Waals surface area contributed by atoms with Crippen LogP contribution in [0.15, 0.2) is 72.8 Å². The van der Waals surface area contributed by atoms with Gasteiger partial charge in [-0.3, -0.25) is 14.4 Å². The summed E-state index contributed by atoms with van der Waals surface area (Å²) in [5.74, 6) is -7.47. The molecule has 15 heteroatoms. The molecule has 6 rings (SSSR count). The number of Topliss-reactive ketones (excluding diaryl/α,β-unsaturated/α-hetero) is 1. The van der Waals surface area contributed by atoms with Crippen molar-refractivity contribution in [2.45, 2.75) is 122 Å². The van der Waals surface area contributed by atoms with Crippen molar-refractivity contribution in [1.29, 1.82) is 0 Å². The van der Waals surface area contributed by atoms with Crippen LogP contribution in [0.3, 0.4) is 0 Å². The smallest absolute Gasteiger partial charge is 0.338 e. The van der Waals surface area contributed by atoms with E-state index in [1.807, 2.05) is 0 Å². The van der Waals surface area contributed by atoms with E-state index in [-0.39, 0.29) is 12.2 Å². The molecule has 324 valence electrons. The number of carbonyl (C=O) groups is 6. The second kappa shape index (κ2) is 16.1. The maximum atomic E-state index is 15.4. The minimum Gasteiger partial charge on any atom is -0.460 e. The Hall–Kier alpha value is -5.12. The summed E-state index contributed by atoms with van der Waals surface area (Å²) >= 11 is 0. The number of urea groups is 1. The molecule has 4 N–H and O–H groups in total. The summed E-state index contributed by atoms with van der Waals surface area (Å²) in [6.45, 7) is 14.0. The summed E-state index contributed by atoms with van der Waals surface area (Å²) < 4.78 is 30.5. The van der Waals surface area contributed by atoms with Crippen LogP contribution >= 0.6 is 0 Å². The Morgan fingerprint density at radius 3 is 2.07 bits per heavy atom. The molecule has 0 spiro atoms. The van der Waals surface area contributed by atoms with Gasteiger partial charge in [-0.25, -0.2) is 14.4 Å². The van der Waals surface area contributed by atoms with Crippen molar-refractivity contribution in [3.63, 3.8) is 0 Å². The van der Waals surface area contributed by atoms with Gasteiger partial charge in [0.2, 0.25) is 0 Å². The van der Waals surface area contributed by atoms with Crippen LogP contribution in [0.25, 0.3) is 0 Å². The lowest BCUT2D eigenvalue weighted by Gasteiger charge is -2.67. The molecule has 60 heavy (non-hydrogen) atoms. The minimum atomic E-state index is -2.24. The first-order chi connectivity index (χ1) is 28.0. The second-order valence-electron chi connectivity index (χ2n) is 18.4. The summed E-state index contributed by atoms with van der Waals surface area (Å²) in [4.78, 5) is 82.9. The van der Waals surface area contributed by atoms with E-state index in [0.29, 0.717) is 5.56 Å². The highest BCUT2D eigenvalue weighted by molar-refractivity contribution is 5.94. The van der Waals surface area contributed by atoms with Crippen LogP contribution < -0.4 is 10.6 Å². The number of fused-ring (bicyclic) bond motifs is 5. The number of hydrogen-bond acceptors (Lipinski definition) is 13. The Morgan fingerprint density at radius 1 is 0.900 bits per heavy atom. The SMILES string of the molecule is CC(=O)O[C@H]1C(=O)[C@]2(C)C=C[C@H]3OC[C@@]3(OC(C)=O)[C@H]2[C@H](OC(=O)c2ccccc2)[C@]2(O)C[C@H](OC(=O)[C@H](O)[C@@H](NC(=O)NC(C)(C)C)c3ccccc3)C(C)C1C2(C)C. The first kappa shape index (κ1) is 44.4. The van der Waals surface area contributed by atoms with Gasteiger partial charge in [0.1, 0.15) is 23.9 Å². The number of carbonyl (C=O) groups excluding carboxylic acids is 6. The predicted octanol–water partition coefficient (Wildman–Crippen LogP) is 4.14. The maximum absolute atomic E-state index is 15.4. The summed E-state index contributed by atoms with van der Waals surface area (Å²) in [5.41, 5.74) is -7.23. The number of ketones is 1. The zero-order chi connectivity index (χ0) is 44.2. The topological polar surface area (TPSA) is 213 Å². The monoisotopic (exact) mass is 832 g/mol. The van der Waals surface area contributed by atoms with Gasteiger partial charge in [-0.15, -0.1) is 0 Å². The van der Waals surface area contributed by atoms with Gasteiger partial charge in [0, 0.05) is 43.1 Å². The summed E-state index contributed by atoms with van der Waals surface area (Å²) in [6.07, 6.45) is -4.72. The molecule has 4 aliphatic rings. The van der Waals surface area contributed by atoms with Gasteiger partial charge < -0.3 is 44.5 Å². The zero-order valence-corrected chi connectivity index (χ0v) is 35.4. The molecule has 0 radical (unpaired) electrons. The highest BCUT2D eigenvalue weighted by atomic mass is 16.6. The molecule has 1 saturated heterocycles. The molecule has 2 amide bonds. The average molecular weight is 833 g/mol. The van der Waals surface area contributed by atoms with Crippen molar-refractivity contribution < 1.29 is 62.7 Å². The van der Waals surface area contributed by atoms with Crippen LogP contribution in [0.2, 0.25) is 0 Å². The molecule has 3 fully saturated rings. The molecule has 2 bridgehead atoms. The number of aliphatic hydroxyl groups excluding tert-OH is 1. The molecule has 2 aromatic carbocycles. The van der Waals surface area contributed by atoms with Gasteiger partial charge in [0.05, 0.1) is 29.5 Å². The first-order valence-corrected chi connectivity index (χ1v) is 20.2. The lowest BCUT2D eigenvalue weighted by atomic mass is 9.43. The number of amides is 2. The molecule has 0 aromatic heterocycles. The third-order valence-corrected chi connectivity index (χ3v) is 12.9. The number of allylic oxidation sites excluding steroid dienone is 1. The third kappa shape index (κ3) is 7.82. The van der Waals surface area contributed by atoms with Crippen LogP contribution in [0.4, 0.5) is 4.79 Å². The number of rotatable bonds is 9. The molecule has 2 saturated carbocycles. The Labute approximate surface area is 349 Å². The second-order valence-corrected chi connectivity index (χ2v) is 18.4. The number of esters is 4. The van der Waals surface area contributed by atoms with E-state index in [9.17, 15) is 34.2 Å². The Morgan fingerprint density at radius 2 is 1.52 bits per heavy atom. The van der Waals surface area contributed by atoms with E-state index in [2.05, 4.69) is 10.6 Å². The summed E-state index contributed by atoms with van der Waals surface area (Å²) in [5, 5.41) is 30.8. The normalized spacial score (nSPS) is 33.7. The largest absolute Gasteiger partial charge is 0.460 e. The van der Waals surface area contributed by atoms with E-state index in [1.54, 1.807) is 109 Å². The van der Waals surface area contributed by atoms with Crippen molar-refractivity contribution in [1.82, 2.24) is 10.6 Å². The van der Waals surface area contributed by atoms with Gasteiger partial charge in [-0.1, -0.05) is 81.5 Å². The van der Waals surface area contributed by atoms with Gasteiger partial charge in [0.25, 0.3) is 0 Å². The fourth-order valence-corrected chi connectivity index (χ4v) is 10.0. The van der Waals surface area contributed by atoms with E-state index in [4.69, 9.17) is 23.7 Å². The Bertz CT molecular complexity index is 2030. The Balaban J connectivity index is 1.50. The van der Waals surface area contributed by atoms with Crippen molar-refractivity contribution >= 4 is 35.7 Å². The highest BCUT2D eigenvalue weighted by Gasteiger charge is 2.77. The molecule has 2 unspecified atom stereocenters. The van der Waals surface area contributed by atoms with Crippen molar-refractivity contribution in [3.05, 3.63) is 83.9 Å². The third-order valence-electron chi connectivity index (χ3n) is 12.9. The van der Waals surface area contributed by atoms with E-state index in [1.165, 1.54) is 19.1 Å². The fraction of sp³-hybridized carbons (Fsp3) is 0.556. The molecule has 1 aliphatic heterocycles. The predicted molar refractivity (Wildman–Crippen MR) is 214 cm³/mol. The van der Waals surface area contributed by atoms with Crippen molar-refractivity contribution in [2.24, 2.45) is 28.6 Å². The summed E-state index contributed by atoms with van der Waals surface area (Å²) in [7, 11) is 0. The van der Waals surface area contributed by atoms with Crippen LogP contribution in [0, 0.1) is 28.6 Å². The molecule has 12 atom stereocenters. The van der Waals surface area contributed by atoms with E-state index in [0.717, 1.165) is 6.92 Å². The van der Waals surface area contributed by atoms with Gasteiger partial charge >= 0.3 is 29.9 Å². The number of benzene rings is 2. The highest BCUT2D eigenvalue weighted by Crippen LogP contribution is 2.64. The standard InChI is InChI=1S/C45H56N2O13/c1-24-29(58-39(53)33(50)32(27-16-12-10-13-17-27)46-40(54)47-41(4,5)6)22-45(55)37(59-38(52)28-18-14-11-15-19-28)35-43(9,21-20-30-44(35,23-56-30)60-26(3)49)36(51)34(57-25(2)48)31(24)42(45,7)8/h10-21,24,29-35,37,50,55H,22-23H2,1-9H3,(H2,46,47,54)/t24?,29-,30+,31?,32-,33+,34+,35-,37-,43+,44-,45+/m0/s1. The minimum absolute atomic E-state index is 0.128. The lowest BCUT2D eigenvalue weighted by molar-refractivity contribution is -0.322. The van der Waals surface area contributed by atoms with Crippen molar-refractivity contribution in [3.8, 4) is 0 Å².